The van der Waals surface area contributed by atoms with Gasteiger partial charge in [-0.15, -0.1) is 0 Å². The number of hydrogen-bond donors (Lipinski definition) is 2. The number of rotatable bonds is 10. The molecular formula is C14H28N2O2. The fourth-order valence-electron chi connectivity index (χ4n) is 1.88. The molecule has 0 radical (unpaired) electrons. The molecule has 0 unspecified atom stereocenters. The summed E-state index contributed by atoms with van der Waals surface area (Å²) < 4.78 is 0. The quantitative estimate of drug-likeness (QED) is 0.589. The lowest BCUT2D eigenvalue weighted by Crippen LogP contribution is -2.39. The van der Waals surface area contributed by atoms with Crippen LogP contribution in [0.1, 0.15) is 59.3 Å². The molecule has 106 valence electrons. The Kier molecular flexibility index (Phi) is 10.4. The highest BCUT2D eigenvalue weighted by Crippen LogP contribution is 2.13. The van der Waals surface area contributed by atoms with Crippen LogP contribution in [-0.2, 0) is 9.59 Å². The number of carbonyl (C=O) groups excluding carboxylic acids is 2. The van der Waals surface area contributed by atoms with E-state index < -0.39 is 0 Å². The van der Waals surface area contributed by atoms with Crippen molar-refractivity contribution < 1.29 is 9.59 Å². The lowest BCUT2D eigenvalue weighted by molar-refractivity contribution is -0.128. The summed E-state index contributed by atoms with van der Waals surface area (Å²) in [7, 11) is 0. The van der Waals surface area contributed by atoms with E-state index >= 15 is 0 Å². The Morgan fingerprint density at radius 2 is 1.56 bits per heavy atom. The summed E-state index contributed by atoms with van der Waals surface area (Å²) in [4.78, 5) is 23.3. The van der Waals surface area contributed by atoms with Crippen LogP contribution in [0, 0.1) is 5.92 Å². The van der Waals surface area contributed by atoms with Crippen molar-refractivity contribution in [2.75, 3.05) is 13.1 Å². The Hall–Kier alpha value is -1.06. The lowest BCUT2D eigenvalue weighted by Gasteiger charge is -2.15. The highest BCUT2D eigenvalue weighted by atomic mass is 16.2. The minimum Gasteiger partial charge on any atom is -0.355 e. The Labute approximate surface area is 111 Å². The topological polar surface area (TPSA) is 58.2 Å². The molecule has 2 amide bonds. The SMILES string of the molecule is CCCCNC(=O)CNC(=O)C(CCC)CCC. The van der Waals surface area contributed by atoms with E-state index in [0.717, 1.165) is 38.5 Å². The van der Waals surface area contributed by atoms with E-state index in [2.05, 4.69) is 31.4 Å². The second-order valence-corrected chi connectivity index (χ2v) is 4.70. The molecule has 0 aromatic heterocycles. The summed E-state index contributed by atoms with van der Waals surface area (Å²) in [5, 5.41) is 5.52. The average molecular weight is 256 g/mol. The number of unbranched alkanes of at least 4 members (excludes halogenated alkanes) is 1. The van der Waals surface area contributed by atoms with Gasteiger partial charge in [-0.2, -0.15) is 0 Å². The average Bonchev–Trinajstić information content (AvgIpc) is 2.36. The molecule has 0 atom stereocenters. The van der Waals surface area contributed by atoms with Crippen LogP contribution in [0.4, 0.5) is 0 Å². The normalized spacial score (nSPS) is 10.4. The predicted octanol–water partition coefficient (Wildman–Crippen LogP) is 2.24. The molecule has 0 saturated heterocycles. The maximum atomic E-state index is 11.9. The van der Waals surface area contributed by atoms with Gasteiger partial charge in [0.05, 0.1) is 6.54 Å². The molecule has 18 heavy (non-hydrogen) atoms. The number of carbonyl (C=O) groups is 2. The molecule has 0 heterocycles. The zero-order valence-corrected chi connectivity index (χ0v) is 12.1. The fourth-order valence-corrected chi connectivity index (χ4v) is 1.88. The summed E-state index contributed by atoms with van der Waals surface area (Å²) in [6.45, 7) is 7.03. The standard InChI is InChI=1S/C14H28N2O2/c1-4-7-10-15-13(17)11-16-14(18)12(8-5-2)9-6-3/h12H,4-11H2,1-3H3,(H,15,17)(H,16,18). The highest BCUT2D eigenvalue weighted by Gasteiger charge is 2.16. The van der Waals surface area contributed by atoms with Crippen molar-refractivity contribution in [3.8, 4) is 0 Å². The molecule has 0 fully saturated rings. The molecule has 0 aliphatic carbocycles. The first-order valence-corrected chi connectivity index (χ1v) is 7.20. The van der Waals surface area contributed by atoms with Crippen LogP contribution >= 0.6 is 0 Å². The third kappa shape index (κ3) is 8.09. The van der Waals surface area contributed by atoms with Gasteiger partial charge in [0.25, 0.3) is 0 Å². The van der Waals surface area contributed by atoms with E-state index in [9.17, 15) is 9.59 Å². The maximum absolute atomic E-state index is 11.9. The Bertz CT molecular complexity index is 236. The van der Waals surface area contributed by atoms with Gasteiger partial charge in [-0.1, -0.05) is 40.0 Å². The smallest absolute Gasteiger partial charge is 0.239 e. The van der Waals surface area contributed by atoms with Crippen molar-refractivity contribution in [3.05, 3.63) is 0 Å². The van der Waals surface area contributed by atoms with Crippen molar-refractivity contribution in [3.63, 3.8) is 0 Å². The molecule has 0 aliphatic rings. The summed E-state index contributed by atoms with van der Waals surface area (Å²) in [5.74, 6) is -0.0173. The first-order valence-electron chi connectivity index (χ1n) is 7.20. The van der Waals surface area contributed by atoms with Gasteiger partial charge < -0.3 is 10.6 Å². The molecular weight excluding hydrogens is 228 g/mol. The highest BCUT2D eigenvalue weighted by molar-refractivity contribution is 5.85. The molecule has 4 nitrogen and oxygen atoms in total. The largest absolute Gasteiger partial charge is 0.355 e. The van der Waals surface area contributed by atoms with Gasteiger partial charge in [-0.3, -0.25) is 9.59 Å². The van der Waals surface area contributed by atoms with Crippen molar-refractivity contribution in [1.82, 2.24) is 10.6 Å². The van der Waals surface area contributed by atoms with Crippen molar-refractivity contribution in [1.29, 1.82) is 0 Å². The zero-order chi connectivity index (χ0) is 13.8. The fraction of sp³-hybridized carbons (Fsp3) is 0.857. The summed E-state index contributed by atoms with van der Waals surface area (Å²) >= 11 is 0. The molecule has 0 rings (SSSR count). The molecule has 0 bridgehead atoms. The maximum Gasteiger partial charge on any atom is 0.239 e. The van der Waals surface area contributed by atoms with E-state index in [1.807, 2.05) is 0 Å². The van der Waals surface area contributed by atoms with Crippen molar-refractivity contribution >= 4 is 11.8 Å². The van der Waals surface area contributed by atoms with Crippen LogP contribution in [-0.4, -0.2) is 24.9 Å². The van der Waals surface area contributed by atoms with Crippen LogP contribution in [0.3, 0.4) is 0 Å². The number of amides is 2. The van der Waals surface area contributed by atoms with E-state index in [4.69, 9.17) is 0 Å². The van der Waals surface area contributed by atoms with E-state index in [1.165, 1.54) is 0 Å². The second kappa shape index (κ2) is 11.1. The van der Waals surface area contributed by atoms with Crippen LogP contribution in [0.15, 0.2) is 0 Å². The van der Waals surface area contributed by atoms with Gasteiger partial charge >= 0.3 is 0 Å². The summed E-state index contributed by atoms with van der Waals surface area (Å²) in [6.07, 6.45) is 5.84. The molecule has 0 spiro atoms. The molecule has 0 aromatic carbocycles. The van der Waals surface area contributed by atoms with Gasteiger partial charge in [0, 0.05) is 12.5 Å². The van der Waals surface area contributed by atoms with Crippen LogP contribution < -0.4 is 10.6 Å². The monoisotopic (exact) mass is 256 g/mol. The van der Waals surface area contributed by atoms with Gasteiger partial charge in [0.2, 0.25) is 11.8 Å². The van der Waals surface area contributed by atoms with Crippen LogP contribution in [0.25, 0.3) is 0 Å². The van der Waals surface area contributed by atoms with Crippen molar-refractivity contribution in [2.24, 2.45) is 5.92 Å². The summed E-state index contributed by atoms with van der Waals surface area (Å²) in [6, 6.07) is 0. The van der Waals surface area contributed by atoms with E-state index in [-0.39, 0.29) is 24.3 Å². The molecule has 0 aromatic rings. The lowest BCUT2D eigenvalue weighted by atomic mass is 9.97. The van der Waals surface area contributed by atoms with Gasteiger partial charge in [-0.05, 0) is 19.3 Å². The molecule has 0 aliphatic heterocycles. The number of nitrogens with one attached hydrogen (secondary N) is 2. The predicted molar refractivity (Wildman–Crippen MR) is 74.2 cm³/mol. The van der Waals surface area contributed by atoms with Gasteiger partial charge in [0.1, 0.15) is 0 Å². The summed E-state index contributed by atoms with van der Waals surface area (Å²) in [5.41, 5.74) is 0. The second-order valence-electron chi connectivity index (χ2n) is 4.70. The van der Waals surface area contributed by atoms with Gasteiger partial charge in [0.15, 0.2) is 0 Å². The zero-order valence-electron chi connectivity index (χ0n) is 12.1. The van der Waals surface area contributed by atoms with E-state index in [0.29, 0.717) is 6.54 Å². The molecule has 0 saturated carbocycles. The van der Waals surface area contributed by atoms with Gasteiger partial charge in [-0.25, -0.2) is 0 Å². The van der Waals surface area contributed by atoms with Crippen molar-refractivity contribution in [2.45, 2.75) is 59.3 Å². The Morgan fingerprint density at radius 1 is 0.944 bits per heavy atom. The van der Waals surface area contributed by atoms with Crippen LogP contribution in [0.2, 0.25) is 0 Å². The number of hydrogen-bond acceptors (Lipinski definition) is 2. The minimum atomic E-state index is -0.0939. The van der Waals surface area contributed by atoms with E-state index in [1.54, 1.807) is 0 Å². The Morgan fingerprint density at radius 3 is 2.06 bits per heavy atom. The molecule has 4 heteroatoms. The third-order valence-corrected chi connectivity index (χ3v) is 2.92. The third-order valence-electron chi connectivity index (χ3n) is 2.92. The first kappa shape index (κ1) is 16.9. The molecule has 2 N–H and O–H groups in total. The van der Waals surface area contributed by atoms with Crippen LogP contribution in [0.5, 0.6) is 0 Å². The first-order chi connectivity index (χ1) is 8.65. The Balaban J connectivity index is 3.87. The minimum absolute atomic E-state index is 0.0179.